The number of benzene rings is 1. The van der Waals surface area contributed by atoms with Gasteiger partial charge in [0.2, 0.25) is 21.8 Å². The Morgan fingerprint density at radius 2 is 2.10 bits per heavy atom. The number of aromatic nitrogens is 2. The van der Waals surface area contributed by atoms with Gasteiger partial charge in [-0.05, 0) is 43.5 Å². The molecule has 1 amide bonds. The number of aryl methyl sites for hydroxylation is 1. The molecule has 29 heavy (non-hydrogen) atoms. The van der Waals surface area contributed by atoms with E-state index in [0.29, 0.717) is 30.1 Å². The Balaban J connectivity index is 1.75. The SMILES string of the molecule is COc1nccc(OC2CCCN(S(=O)(=O)c3ccc(NC(C)=O)cc3C)C2)n1. The van der Waals surface area contributed by atoms with Crippen molar-refractivity contribution in [2.75, 3.05) is 25.5 Å². The molecule has 1 aliphatic rings. The van der Waals surface area contributed by atoms with Gasteiger partial charge >= 0.3 is 6.01 Å². The molecule has 0 bridgehead atoms. The Labute approximate surface area is 170 Å². The molecular weight excluding hydrogens is 396 g/mol. The summed E-state index contributed by atoms with van der Waals surface area (Å²) in [6.07, 6.45) is 2.60. The molecule has 0 saturated carbocycles. The van der Waals surface area contributed by atoms with Gasteiger partial charge in [-0.1, -0.05) is 0 Å². The Hall–Kier alpha value is -2.72. The second-order valence-corrected chi connectivity index (χ2v) is 8.69. The van der Waals surface area contributed by atoms with E-state index in [-0.39, 0.29) is 29.5 Å². The molecule has 0 radical (unpaired) electrons. The van der Waals surface area contributed by atoms with Crippen molar-refractivity contribution in [2.24, 2.45) is 0 Å². The number of nitrogens with zero attached hydrogens (tertiary/aromatic N) is 3. The highest BCUT2D eigenvalue weighted by Crippen LogP contribution is 2.27. The van der Waals surface area contributed by atoms with Crippen LogP contribution in [0, 0.1) is 6.92 Å². The van der Waals surface area contributed by atoms with Crippen molar-refractivity contribution in [2.45, 2.75) is 37.7 Å². The van der Waals surface area contributed by atoms with E-state index in [4.69, 9.17) is 9.47 Å². The summed E-state index contributed by atoms with van der Waals surface area (Å²) in [5.41, 5.74) is 1.13. The van der Waals surface area contributed by atoms with Crippen LogP contribution in [0.1, 0.15) is 25.3 Å². The van der Waals surface area contributed by atoms with Crippen molar-refractivity contribution < 1.29 is 22.7 Å². The lowest BCUT2D eigenvalue weighted by Crippen LogP contribution is -2.44. The molecule has 1 aromatic heterocycles. The molecule has 2 aromatic rings. The fourth-order valence-corrected chi connectivity index (χ4v) is 4.95. The molecule has 0 aliphatic carbocycles. The summed E-state index contributed by atoms with van der Waals surface area (Å²) < 4.78 is 38.6. The van der Waals surface area contributed by atoms with Gasteiger partial charge in [0.1, 0.15) is 6.10 Å². The van der Waals surface area contributed by atoms with E-state index in [9.17, 15) is 13.2 Å². The molecular formula is C19H24N4O5S. The van der Waals surface area contributed by atoms with Crippen LogP contribution in [0.2, 0.25) is 0 Å². The largest absolute Gasteiger partial charge is 0.473 e. The zero-order chi connectivity index (χ0) is 21.0. The van der Waals surface area contributed by atoms with Gasteiger partial charge in [0.25, 0.3) is 0 Å². The molecule has 1 aliphatic heterocycles. The monoisotopic (exact) mass is 420 g/mol. The number of rotatable bonds is 6. The highest BCUT2D eigenvalue weighted by Gasteiger charge is 2.32. The molecule has 2 heterocycles. The fourth-order valence-electron chi connectivity index (χ4n) is 3.24. The standard InChI is InChI=1S/C19H24N4O5S/c1-13-11-15(21-14(2)24)6-7-17(13)29(25,26)23-10-4-5-16(12-23)28-18-8-9-20-19(22-18)27-3/h6-9,11,16H,4-5,10,12H2,1-3H3,(H,21,24). The summed E-state index contributed by atoms with van der Waals surface area (Å²) in [5.74, 6) is 0.134. The van der Waals surface area contributed by atoms with Crippen molar-refractivity contribution in [3.05, 3.63) is 36.0 Å². The van der Waals surface area contributed by atoms with Crippen molar-refractivity contribution in [3.63, 3.8) is 0 Å². The summed E-state index contributed by atoms with van der Waals surface area (Å²) in [4.78, 5) is 19.5. The Morgan fingerprint density at radius 1 is 1.31 bits per heavy atom. The maximum Gasteiger partial charge on any atom is 0.319 e. The van der Waals surface area contributed by atoms with Gasteiger partial charge < -0.3 is 14.8 Å². The number of anilines is 1. The molecule has 1 unspecified atom stereocenters. The number of ether oxygens (including phenoxy) is 2. The summed E-state index contributed by atoms with van der Waals surface area (Å²) in [7, 11) is -2.23. The minimum Gasteiger partial charge on any atom is -0.473 e. The Morgan fingerprint density at radius 3 is 2.79 bits per heavy atom. The lowest BCUT2D eigenvalue weighted by atomic mass is 10.1. The maximum atomic E-state index is 13.2. The average molecular weight is 420 g/mol. The second kappa shape index (κ2) is 8.75. The normalized spacial score (nSPS) is 17.6. The zero-order valence-electron chi connectivity index (χ0n) is 16.6. The number of sulfonamides is 1. The first kappa shape index (κ1) is 21.0. The molecule has 9 nitrogen and oxygen atoms in total. The molecule has 10 heteroatoms. The minimum atomic E-state index is -3.69. The molecule has 1 fully saturated rings. The third-order valence-corrected chi connectivity index (χ3v) is 6.56. The van der Waals surface area contributed by atoms with Crippen LogP contribution in [-0.2, 0) is 14.8 Å². The average Bonchev–Trinajstić information content (AvgIpc) is 2.67. The van der Waals surface area contributed by atoms with E-state index in [1.54, 1.807) is 25.1 Å². The molecule has 1 saturated heterocycles. The molecule has 1 aromatic carbocycles. The van der Waals surface area contributed by atoms with E-state index < -0.39 is 10.0 Å². The Bertz CT molecular complexity index is 996. The van der Waals surface area contributed by atoms with Gasteiger partial charge in [-0.15, -0.1) is 0 Å². The van der Waals surface area contributed by atoms with Crippen LogP contribution in [0.15, 0.2) is 35.4 Å². The van der Waals surface area contributed by atoms with Crippen LogP contribution in [0.25, 0.3) is 0 Å². The summed E-state index contributed by atoms with van der Waals surface area (Å²) in [5, 5.41) is 2.66. The van der Waals surface area contributed by atoms with Gasteiger partial charge in [-0.3, -0.25) is 4.79 Å². The predicted molar refractivity (Wildman–Crippen MR) is 106 cm³/mol. The number of methoxy groups -OCH3 is 1. The van der Waals surface area contributed by atoms with Gasteiger partial charge in [-0.25, -0.2) is 13.4 Å². The highest BCUT2D eigenvalue weighted by atomic mass is 32.2. The fraction of sp³-hybridized carbons (Fsp3) is 0.421. The van der Waals surface area contributed by atoms with Crippen molar-refractivity contribution in [1.29, 1.82) is 0 Å². The van der Waals surface area contributed by atoms with Crippen LogP contribution in [0.3, 0.4) is 0 Å². The van der Waals surface area contributed by atoms with E-state index in [1.807, 2.05) is 0 Å². The minimum absolute atomic E-state index is 0.192. The van der Waals surface area contributed by atoms with E-state index in [2.05, 4.69) is 15.3 Å². The molecule has 0 spiro atoms. The summed E-state index contributed by atoms with van der Waals surface area (Å²) in [6, 6.07) is 6.57. The number of amides is 1. The molecule has 3 rings (SSSR count). The lowest BCUT2D eigenvalue weighted by molar-refractivity contribution is -0.114. The van der Waals surface area contributed by atoms with Crippen molar-refractivity contribution in [1.82, 2.24) is 14.3 Å². The van der Waals surface area contributed by atoms with Crippen LogP contribution in [0.4, 0.5) is 5.69 Å². The smallest absolute Gasteiger partial charge is 0.319 e. The van der Waals surface area contributed by atoms with Crippen molar-refractivity contribution in [3.8, 4) is 11.9 Å². The maximum absolute atomic E-state index is 13.2. The second-order valence-electron chi connectivity index (χ2n) is 6.79. The highest BCUT2D eigenvalue weighted by molar-refractivity contribution is 7.89. The quantitative estimate of drug-likeness (QED) is 0.761. The number of hydrogen-bond donors (Lipinski definition) is 1. The van der Waals surface area contributed by atoms with Crippen LogP contribution in [-0.4, -0.2) is 54.9 Å². The van der Waals surface area contributed by atoms with Gasteiger partial charge in [-0.2, -0.15) is 9.29 Å². The van der Waals surface area contributed by atoms with Crippen LogP contribution in [0.5, 0.6) is 11.9 Å². The summed E-state index contributed by atoms with van der Waals surface area (Å²) in [6.45, 7) is 3.76. The number of piperidine rings is 1. The first-order chi connectivity index (χ1) is 13.8. The van der Waals surface area contributed by atoms with E-state index in [0.717, 1.165) is 6.42 Å². The first-order valence-corrected chi connectivity index (χ1v) is 10.7. The lowest BCUT2D eigenvalue weighted by Gasteiger charge is -2.32. The van der Waals surface area contributed by atoms with E-state index in [1.165, 1.54) is 30.6 Å². The zero-order valence-corrected chi connectivity index (χ0v) is 17.4. The number of nitrogens with one attached hydrogen (secondary N) is 1. The number of carbonyl (C=O) groups is 1. The van der Waals surface area contributed by atoms with Gasteiger partial charge in [0.15, 0.2) is 0 Å². The molecule has 156 valence electrons. The topological polar surface area (TPSA) is 111 Å². The third-order valence-electron chi connectivity index (χ3n) is 4.53. The van der Waals surface area contributed by atoms with Crippen LogP contribution >= 0.6 is 0 Å². The van der Waals surface area contributed by atoms with E-state index >= 15 is 0 Å². The number of carbonyl (C=O) groups excluding carboxylic acids is 1. The molecule has 1 atom stereocenters. The predicted octanol–water partition coefficient (Wildman–Crippen LogP) is 1.98. The first-order valence-electron chi connectivity index (χ1n) is 9.21. The summed E-state index contributed by atoms with van der Waals surface area (Å²) >= 11 is 0. The van der Waals surface area contributed by atoms with Crippen LogP contribution < -0.4 is 14.8 Å². The third kappa shape index (κ3) is 5.01. The Kier molecular flexibility index (Phi) is 6.33. The van der Waals surface area contributed by atoms with Gasteiger partial charge in [0, 0.05) is 31.4 Å². The number of hydrogen-bond acceptors (Lipinski definition) is 7. The van der Waals surface area contributed by atoms with Gasteiger partial charge in [0.05, 0.1) is 18.6 Å². The molecule has 1 N–H and O–H groups in total. The van der Waals surface area contributed by atoms with Crippen molar-refractivity contribution >= 4 is 21.6 Å².